The maximum Gasteiger partial charge on any atom is 0.276 e. The topological polar surface area (TPSA) is 89.4 Å². The Kier molecular flexibility index (Phi) is 4.09. The predicted octanol–water partition coefficient (Wildman–Crippen LogP) is -0.169. The van der Waals surface area contributed by atoms with Crippen molar-refractivity contribution in [1.82, 2.24) is 25.2 Å². The molecule has 2 aliphatic heterocycles. The highest BCUT2D eigenvalue weighted by atomic mass is 16.5. The van der Waals surface area contributed by atoms with Crippen molar-refractivity contribution < 1.29 is 14.3 Å². The van der Waals surface area contributed by atoms with Crippen LogP contribution in [0.25, 0.3) is 0 Å². The molecule has 0 unspecified atom stereocenters. The Balaban J connectivity index is 1.86. The van der Waals surface area contributed by atoms with E-state index in [1.54, 1.807) is 18.9 Å². The van der Waals surface area contributed by atoms with Gasteiger partial charge in [0.2, 0.25) is 5.91 Å². The Morgan fingerprint density at radius 3 is 2.87 bits per heavy atom. The maximum atomic E-state index is 12.8. The van der Waals surface area contributed by atoms with Gasteiger partial charge in [-0.15, -0.1) is 5.10 Å². The molecule has 2 fully saturated rings. The summed E-state index contributed by atoms with van der Waals surface area (Å²) in [7, 11) is 1.64. The first-order chi connectivity index (χ1) is 11.0. The molecule has 0 saturated carbocycles. The molecule has 3 heterocycles. The number of aryl methyl sites for hydroxylation is 2. The molecular formula is C15H23N5O3. The van der Waals surface area contributed by atoms with E-state index in [2.05, 4.69) is 15.5 Å². The Morgan fingerprint density at radius 2 is 2.22 bits per heavy atom. The minimum atomic E-state index is -0.544. The largest absolute Gasteiger partial charge is 0.381 e. The highest BCUT2D eigenvalue weighted by Crippen LogP contribution is 2.42. The molecule has 23 heavy (non-hydrogen) atoms. The van der Waals surface area contributed by atoms with Gasteiger partial charge in [0.1, 0.15) is 0 Å². The minimum absolute atomic E-state index is 0.00460. The Labute approximate surface area is 135 Å². The number of hydrogen-bond acceptors (Lipinski definition) is 5. The summed E-state index contributed by atoms with van der Waals surface area (Å²) in [6, 6.07) is 0. The number of carbonyl (C=O) groups excluding carboxylic acids is 2. The van der Waals surface area contributed by atoms with Crippen LogP contribution in [0.2, 0.25) is 0 Å². The van der Waals surface area contributed by atoms with Crippen LogP contribution in [0.5, 0.6) is 0 Å². The number of hydrogen-bond donors (Lipinski definition) is 1. The highest BCUT2D eigenvalue weighted by Gasteiger charge is 2.54. The zero-order valence-electron chi connectivity index (χ0n) is 13.8. The van der Waals surface area contributed by atoms with Gasteiger partial charge in [0, 0.05) is 32.7 Å². The second-order valence-corrected chi connectivity index (χ2v) is 6.27. The van der Waals surface area contributed by atoms with E-state index in [-0.39, 0.29) is 17.7 Å². The molecule has 2 saturated heterocycles. The molecular weight excluding hydrogens is 298 g/mol. The molecule has 1 N–H and O–H groups in total. The number of likely N-dealkylation sites (tertiary alicyclic amines) is 1. The molecule has 0 spiro atoms. The van der Waals surface area contributed by atoms with Gasteiger partial charge < -0.3 is 15.0 Å². The van der Waals surface area contributed by atoms with Gasteiger partial charge in [0.05, 0.1) is 24.3 Å². The number of ether oxygens (including phenoxy) is 1. The smallest absolute Gasteiger partial charge is 0.276 e. The Bertz CT molecular complexity index is 629. The first-order valence-corrected chi connectivity index (χ1v) is 8.02. The fraction of sp³-hybridized carbons (Fsp3) is 0.733. The molecule has 2 amide bonds. The summed E-state index contributed by atoms with van der Waals surface area (Å²) in [5.41, 5.74) is 0.451. The molecule has 0 bridgehead atoms. The van der Waals surface area contributed by atoms with E-state index in [9.17, 15) is 9.59 Å². The SMILES string of the molecule is CCn1nc(C)c(C(=O)N2C[C@@H]3COCC[C@]3(C(=O)NC)C2)n1. The van der Waals surface area contributed by atoms with Gasteiger partial charge >= 0.3 is 0 Å². The lowest BCUT2D eigenvalue weighted by Crippen LogP contribution is -2.49. The monoisotopic (exact) mass is 321 g/mol. The third-order valence-corrected chi connectivity index (χ3v) is 4.98. The zero-order valence-corrected chi connectivity index (χ0v) is 13.8. The number of nitrogens with one attached hydrogen (secondary N) is 1. The molecule has 0 radical (unpaired) electrons. The van der Waals surface area contributed by atoms with Crippen LogP contribution in [0.15, 0.2) is 0 Å². The van der Waals surface area contributed by atoms with Gasteiger partial charge in [-0.1, -0.05) is 0 Å². The lowest BCUT2D eigenvalue weighted by Gasteiger charge is -2.36. The van der Waals surface area contributed by atoms with Crippen LogP contribution in [0.1, 0.15) is 29.5 Å². The summed E-state index contributed by atoms with van der Waals surface area (Å²) in [6.07, 6.45) is 0.641. The fourth-order valence-electron chi connectivity index (χ4n) is 3.64. The summed E-state index contributed by atoms with van der Waals surface area (Å²) in [5.74, 6) is -0.128. The first-order valence-electron chi connectivity index (χ1n) is 8.02. The summed E-state index contributed by atoms with van der Waals surface area (Å²) < 4.78 is 5.53. The molecule has 3 rings (SSSR count). The van der Waals surface area contributed by atoms with Crippen LogP contribution in [0.3, 0.4) is 0 Å². The van der Waals surface area contributed by atoms with Crippen molar-refractivity contribution >= 4 is 11.8 Å². The predicted molar refractivity (Wildman–Crippen MR) is 81.8 cm³/mol. The van der Waals surface area contributed by atoms with Crippen molar-refractivity contribution in [2.75, 3.05) is 33.4 Å². The number of aromatic nitrogens is 3. The van der Waals surface area contributed by atoms with E-state index < -0.39 is 5.41 Å². The molecule has 2 aliphatic rings. The number of nitrogens with zero attached hydrogens (tertiary/aromatic N) is 4. The first kappa shape index (κ1) is 15.9. The van der Waals surface area contributed by atoms with Crippen molar-refractivity contribution in [3.8, 4) is 0 Å². The summed E-state index contributed by atoms with van der Waals surface area (Å²) in [5, 5.41) is 11.3. The van der Waals surface area contributed by atoms with Crippen molar-refractivity contribution in [2.24, 2.45) is 11.3 Å². The van der Waals surface area contributed by atoms with Crippen molar-refractivity contribution in [1.29, 1.82) is 0 Å². The molecule has 8 heteroatoms. The Morgan fingerprint density at radius 1 is 1.43 bits per heavy atom. The lowest BCUT2D eigenvalue weighted by molar-refractivity contribution is -0.138. The van der Waals surface area contributed by atoms with Gasteiger partial charge in [-0.25, -0.2) is 0 Å². The summed E-state index contributed by atoms with van der Waals surface area (Å²) in [4.78, 5) is 28.5. The van der Waals surface area contributed by atoms with E-state index in [0.29, 0.717) is 50.7 Å². The Hall–Kier alpha value is -1.96. The summed E-state index contributed by atoms with van der Waals surface area (Å²) in [6.45, 7) is 6.33. The molecule has 126 valence electrons. The van der Waals surface area contributed by atoms with Crippen LogP contribution >= 0.6 is 0 Å². The molecule has 0 aromatic carbocycles. The average molecular weight is 321 g/mol. The van der Waals surface area contributed by atoms with Crippen LogP contribution in [0.4, 0.5) is 0 Å². The third-order valence-electron chi connectivity index (χ3n) is 4.98. The van der Waals surface area contributed by atoms with Crippen LogP contribution in [-0.2, 0) is 16.1 Å². The number of amides is 2. The number of rotatable bonds is 3. The molecule has 8 nitrogen and oxygen atoms in total. The van der Waals surface area contributed by atoms with Gasteiger partial charge in [-0.05, 0) is 20.3 Å². The standard InChI is InChI=1S/C15H23N5O3/c1-4-20-17-10(2)12(18-20)13(21)19-7-11-8-23-6-5-15(11,9-19)14(22)16-3/h11H,4-9H2,1-3H3,(H,16,22)/t11-,15+/m1/s1. The average Bonchev–Trinajstić information content (AvgIpc) is 3.14. The van der Waals surface area contributed by atoms with Crippen molar-refractivity contribution in [3.63, 3.8) is 0 Å². The molecule has 1 aromatic heterocycles. The summed E-state index contributed by atoms with van der Waals surface area (Å²) >= 11 is 0. The lowest BCUT2D eigenvalue weighted by atomic mass is 9.73. The van der Waals surface area contributed by atoms with Crippen LogP contribution in [0, 0.1) is 18.3 Å². The minimum Gasteiger partial charge on any atom is -0.381 e. The molecule has 0 aliphatic carbocycles. The maximum absolute atomic E-state index is 12.8. The van der Waals surface area contributed by atoms with Gasteiger partial charge in [0.15, 0.2) is 5.69 Å². The van der Waals surface area contributed by atoms with Gasteiger partial charge in [0.25, 0.3) is 5.91 Å². The fourth-order valence-corrected chi connectivity index (χ4v) is 3.64. The van der Waals surface area contributed by atoms with Gasteiger partial charge in [-0.3, -0.25) is 9.59 Å². The highest BCUT2D eigenvalue weighted by molar-refractivity contribution is 5.94. The van der Waals surface area contributed by atoms with Crippen molar-refractivity contribution in [3.05, 3.63) is 11.4 Å². The van der Waals surface area contributed by atoms with Gasteiger partial charge in [-0.2, -0.15) is 9.90 Å². The number of fused-ring (bicyclic) bond motifs is 1. The zero-order chi connectivity index (χ0) is 16.6. The quantitative estimate of drug-likeness (QED) is 0.835. The van der Waals surface area contributed by atoms with E-state index in [4.69, 9.17) is 4.74 Å². The van der Waals surface area contributed by atoms with E-state index in [1.165, 1.54) is 4.80 Å². The normalized spacial score (nSPS) is 26.9. The molecule has 1 aromatic rings. The second-order valence-electron chi connectivity index (χ2n) is 6.27. The van der Waals surface area contributed by atoms with Crippen LogP contribution < -0.4 is 5.32 Å². The number of carbonyl (C=O) groups is 2. The second kappa shape index (κ2) is 5.92. The third kappa shape index (κ3) is 2.50. The van der Waals surface area contributed by atoms with E-state index >= 15 is 0 Å². The van der Waals surface area contributed by atoms with E-state index in [1.807, 2.05) is 6.92 Å². The molecule has 2 atom stereocenters. The van der Waals surface area contributed by atoms with Crippen molar-refractivity contribution in [2.45, 2.75) is 26.8 Å². The van der Waals surface area contributed by atoms with Crippen LogP contribution in [-0.4, -0.2) is 65.1 Å². The van der Waals surface area contributed by atoms with E-state index in [0.717, 1.165) is 0 Å².